The van der Waals surface area contributed by atoms with Gasteiger partial charge in [-0.25, -0.2) is 4.79 Å². The molecule has 3 rings (SSSR count). The zero-order valence-corrected chi connectivity index (χ0v) is 26.3. The van der Waals surface area contributed by atoms with Crippen LogP contribution in [0.1, 0.15) is 92.6 Å². The molecule has 0 radical (unpaired) electrons. The Kier molecular flexibility index (Phi) is 14.3. The lowest BCUT2D eigenvalue weighted by molar-refractivity contribution is -0.121. The molecule has 0 aliphatic heterocycles. The van der Waals surface area contributed by atoms with Gasteiger partial charge in [0, 0.05) is 62.8 Å². The predicted molar refractivity (Wildman–Crippen MR) is 171 cm³/mol. The van der Waals surface area contributed by atoms with Crippen LogP contribution >= 0.6 is 0 Å². The summed E-state index contributed by atoms with van der Waals surface area (Å²) in [7, 11) is 0. The summed E-state index contributed by atoms with van der Waals surface area (Å²) in [5, 5.41) is 14.7. The lowest BCUT2D eigenvalue weighted by Crippen LogP contribution is -2.27. The Labute approximate surface area is 266 Å². The van der Waals surface area contributed by atoms with Gasteiger partial charge in [-0.05, 0) is 73.1 Å². The number of hydrogen-bond acceptors (Lipinski definition) is 8. The molecule has 5 N–H and O–H groups in total. The van der Waals surface area contributed by atoms with E-state index >= 15 is 0 Å². The highest BCUT2D eigenvalue weighted by Crippen LogP contribution is 2.46. The van der Waals surface area contributed by atoms with Crippen LogP contribution in [0.4, 0.5) is 10.5 Å². The number of nitrogens with one attached hydrogen (secondary N) is 2. The average molecular weight is 627 g/mol. The Morgan fingerprint density at radius 1 is 0.956 bits per heavy atom. The minimum absolute atomic E-state index is 0.0392. The van der Waals surface area contributed by atoms with Gasteiger partial charge in [-0.15, -0.1) is 0 Å². The van der Waals surface area contributed by atoms with Crippen molar-refractivity contribution in [3.05, 3.63) is 53.1 Å². The van der Waals surface area contributed by atoms with Gasteiger partial charge in [0.25, 0.3) is 0 Å². The Bertz CT molecular complexity index is 1320. The van der Waals surface area contributed by atoms with Crippen molar-refractivity contribution in [2.45, 2.75) is 77.2 Å². The van der Waals surface area contributed by atoms with E-state index in [2.05, 4.69) is 17.6 Å². The second kappa shape index (κ2) is 18.9. The molecule has 0 aromatic heterocycles. The molecule has 246 valence electrons. The van der Waals surface area contributed by atoms with E-state index in [1.165, 1.54) is 0 Å². The lowest BCUT2D eigenvalue weighted by Gasteiger charge is -2.15. The fourth-order valence-corrected chi connectivity index (χ4v) is 5.21. The molecule has 11 heteroatoms. The summed E-state index contributed by atoms with van der Waals surface area (Å²) in [4.78, 5) is 49.6. The van der Waals surface area contributed by atoms with E-state index in [0.717, 1.165) is 35.1 Å². The van der Waals surface area contributed by atoms with Gasteiger partial charge in [-0.3, -0.25) is 14.4 Å². The van der Waals surface area contributed by atoms with Gasteiger partial charge in [-0.2, -0.15) is 0 Å². The van der Waals surface area contributed by atoms with Crippen molar-refractivity contribution < 1.29 is 39.9 Å². The molecule has 2 atom stereocenters. The lowest BCUT2D eigenvalue weighted by atomic mass is 9.94. The molecule has 1 aliphatic rings. The molecule has 0 fully saturated rings. The monoisotopic (exact) mass is 626 g/mol. The number of Topliss-reactive ketones (excluding diaryl/α,β-unsaturated/α-hetero) is 1. The molecule has 2 unspecified atom stereocenters. The highest BCUT2D eigenvalue weighted by Gasteiger charge is 2.31. The van der Waals surface area contributed by atoms with E-state index in [1.54, 1.807) is 17.9 Å². The molecule has 0 heterocycles. The van der Waals surface area contributed by atoms with Crippen LogP contribution in [0.2, 0.25) is 1.41 Å². The van der Waals surface area contributed by atoms with Gasteiger partial charge >= 0.3 is 6.09 Å². The third-order valence-electron chi connectivity index (χ3n) is 7.64. The molecule has 3 amide bonds. The minimum atomic E-state index is -0.893. The fraction of sp³-hybridized carbons (Fsp3) is 0.529. The first-order chi connectivity index (χ1) is 22.3. The summed E-state index contributed by atoms with van der Waals surface area (Å²) in [6.07, 6.45) is 3.26. The van der Waals surface area contributed by atoms with Crippen molar-refractivity contribution in [1.29, 1.82) is 0 Å². The maximum absolute atomic E-state index is 13.0. The number of benzene rings is 2. The number of rotatable bonds is 21. The number of unbranched alkanes of at least 4 members (excludes halogenated alkanes) is 1. The summed E-state index contributed by atoms with van der Waals surface area (Å²) in [5.74, 6) is -0.803. The summed E-state index contributed by atoms with van der Waals surface area (Å²) in [5.41, 5.74) is 6.24. The van der Waals surface area contributed by atoms with Crippen LogP contribution in [0.25, 0.3) is 11.1 Å². The predicted octanol–water partition coefficient (Wildman–Crippen LogP) is 4.69. The second-order valence-corrected chi connectivity index (χ2v) is 11.2. The number of nitrogens with two attached hydrogens (primary N) is 1. The van der Waals surface area contributed by atoms with Crippen molar-refractivity contribution >= 4 is 29.4 Å². The first kappa shape index (κ1) is 34.1. The van der Waals surface area contributed by atoms with Gasteiger partial charge in [0.2, 0.25) is 11.8 Å². The topological polar surface area (TPSA) is 166 Å². The van der Waals surface area contributed by atoms with Crippen LogP contribution in [0.3, 0.4) is 0 Å². The molecule has 11 nitrogen and oxygen atoms in total. The number of carbonyl (C=O) groups excluding carboxylic acids is 4. The van der Waals surface area contributed by atoms with Crippen molar-refractivity contribution in [2.24, 2.45) is 5.73 Å². The Morgan fingerprint density at radius 3 is 2.47 bits per heavy atom. The van der Waals surface area contributed by atoms with Crippen molar-refractivity contribution in [3.63, 3.8) is 0 Å². The molecular formula is C34H47N3O8. The van der Waals surface area contributed by atoms with Gasteiger partial charge in [-0.1, -0.05) is 31.5 Å². The van der Waals surface area contributed by atoms with Crippen LogP contribution < -0.4 is 16.4 Å². The Hall–Kier alpha value is -3.80. The standard InChI is InChI=1S/C34H47N3O8/c1-3-4-17-43-19-15-36-32(40)8-5-9-33(41)37-25-11-13-27-26-12-10-24(31(39)7-6-18-44-23(2)14-16-38)20-28(26)30(29(27)21-25)22-45-34(35)42/h10-13,20-21,23,30,38H,3-9,14-19,22H2,1-2H3,(H2,35,42)(H,36,40)(H,37,41)/i/hD. The zero-order chi connectivity index (χ0) is 33.3. The van der Waals surface area contributed by atoms with E-state index in [0.29, 0.717) is 63.3 Å². The smallest absolute Gasteiger partial charge is 0.404 e. The normalized spacial score (nSPS) is 14.1. The second-order valence-electron chi connectivity index (χ2n) is 11.2. The molecule has 2 aromatic rings. The average Bonchev–Trinajstić information content (AvgIpc) is 3.35. The molecule has 0 saturated carbocycles. The van der Waals surface area contributed by atoms with E-state index in [9.17, 15) is 19.2 Å². The van der Waals surface area contributed by atoms with Gasteiger partial charge < -0.3 is 35.7 Å². The number of aliphatic hydroxyl groups excluding tert-OH is 1. The van der Waals surface area contributed by atoms with Crippen LogP contribution in [-0.4, -0.2) is 74.5 Å². The van der Waals surface area contributed by atoms with Crippen LogP contribution in [0, 0.1) is 0 Å². The number of ether oxygens (including phenoxy) is 3. The minimum Gasteiger partial charge on any atom is -0.449 e. The van der Waals surface area contributed by atoms with E-state index in [1.807, 2.05) is 31.2 Å². The zero-order valence-electron chi connectivity index (χ0n) is 27.3. The number of aliphatic hydroxyl groups is 1. The van der Waals surface area contributed by atoms with Gasteiger partial charge in [0.1, 0.15) is 6.61 Å². The summed E-state index contributed by atoms with van der Waals surface area (Å²) < 4.78 is 23.4. The number of ketones is 1. The Morgan fingerprint density at radius 2 is 1.71 bits per heavy atom. The van der Waals surface area contributed by atoms with Gasteiger partial charge in [0.15, 0.2) is 7.20 Å². The van der Waals surface area contributed by atoms with Crippen molar-refractivity contribution in [2.75, 3.05) is 44.9 Å². The molecule has 0 bridgehead atoms. The summed E-state index contributed by atoms with van der Waals surface area (Å²) in [6.45, 7) is 5.96. The summed E-state index contributed by atoms with van der Waals surface area (Å²) in [6, 6.07) is 11.0. The number of amides is 3. The van der Waals surface area contributed by atoms with E-state index in [-0.39, 0.29) is 49.8 Å². The highest BCUT2D eigenvalue weighted by atomic mass is 16.5. The van der Waals surface area contributed by atoms with E-state index < -0.39 is 12.0 Å². The molecule has 2 aromatic carbocycles. The maximum atomic E-state index is 13.0. The fourth-order valence-electron chi connectivity index (χ4n) is 5.21. The third kappa shape index (κ3) is 11.6. The van der Waals surface area contributed by atoms with Crippen LogP contribution in [-0.2, 0) is 23.8 Å². The third-order valence-corrected chi connectivity index (χ3v) is 7.64. The van der Waals surface area contributed by atoms with Crippen molar-refractivity contribution in [3.8, 4) is 11.1 Å². The quantitative estimate of drug-likeness (QED) is 0.114. The number of primary amides is 1. The molecule has 1 aliphatic carbocycles. The first-order valence-corrected chi connectivity index (χ1v) is 15.8. The molecule has 45 heavy (non-hydrogen) atoms. The number of hydrogen-bond donors (Lipinski definition) is 4. The van der Waals surface area contributed by atoms with Crippen molar-refractivity contribution in [1.82, 2.24) is 5.32 Å². The largest absolute Gasteiger partial charge is 0.449 e. The van der Waals surface area contributed by atoms with E-state index in [4.69, 9.17) is 20.7 Å². The Balaban J connectivity index is 1.60. The molecule has 0 saturated heterocycles. The number of fused-ring (bicyclic) bond motifs is 3. The summed E-state index contributed by atoms with van der Waals surface area (Å²) >= 11 is 0. The number of anilines is 1. The SMILES string of the molecule is [2H]NC(=O)OCC1c2cc(NC(=O)CCCC(=O)NCCOCCCC)ccc2-c2ccc(C(=O)CCCOC(C)CCO)cc21. The molecular weight excluding hydrogens is 578 g/mol. The van der Waals surface area contributed by atoms with Gasteiger partial charge in [0.05, 0.1) is 12.7 Å². The van der Waals surface area contributed by atoms with Crippen LogP contribution in [0.15, 0.2) is 36.4 Å². The van der Waals surface area contributed by atoms with Crippen LogP contribution in [0.5, 0.6) is 0 Å². The first-order valence-electron chi connectivity index (χ1n) is 16.3. The number of carbonyl (C=O) groups is 4. The molecule has 0 spiro atoms. The highest BCUT2D eigenvalue weighted by molar-refractivity contribution is 5.98. The maximum Gasteiger partial charge on any atom is 0.404 e.